The van der Waals surface area contributed by atoms with Gasteiger partial charge in [0, 0.05) is 28.9 Å². The molecule has 0 spiro atoms. The Kier molecular flexibility index (Phi) is 3.37. The highest BCUT2D eigenvalue weighted by atomic mass is 16.5. The van der Waals surface area contributed by atoms with Crippen molar-refractivity contribution in [2.24, 2.45) is 0 Å². The highest BCUT2D eigenvalue weighted by molar-refractivity contribution is 6.07. The van der Waals surface area contributed by atoms with Gasteiger partial charge in [-0.3, -0.25) is 9.78 Å². The van der Waals surface area contributed by atoms with E-state index in [9.17, 15) is 4.79 Å². The van der Waals surface area contributed by atoms with E-state index in [0.717, 1.165) is 22.1 Å². The zero-order valence-electron chi connectivity index (χ0n) is 11.3. The summed E-state index contributed by atoms with van der Waals surface area (Å²) in [7, 11) is 0. The first-order valence-electron chi connectivity index (χ1n) is 6.79. The third-order valence-electron chi connectivity index (χ3n) is 3.38. The molecule has 1 aromatic carbocycles. The first-order chi connectivity index (χ1) is 9.79. The van der Waals surface area contributed by atoms with Gasteiger partial charge in [-0.1, -0.05) is 18.2 Å². The minimum Gasteiger partial charge on any atom is -0.466 e. The van der Waals surface area contributed by atoms with E-state index in [4.69, 9.17) is 4.74 Å². The number of rotatable bonds is 4. The van der Waals surface area contributed by atoms with E-state index in [1.54, 1.807) is 6.20 Å². The van der Waals surface area contributed by atoms with Crippen LogP contribution in [0.15, 0.2) is 36.5 Å². The van der Waals surface area contributed by atoms with Crippen molar-refractivity contribution in [1.29, 1.82) is 0 Å². The highest BCUT2D eigenvalue weighted by Crippen LogP contribution is 2.26. The van der Waals surface area contributed by atoms with Crippen LogP contribution in [0.4, 0.5) is 0 Å². The molecule has 0 aliphatic rings. The summed E-state index contributed by atoms with van der Waals surface area (Å²) in [6.45, 7) is 2.23. The average molecular weight is 268 g/mol. The van der Waals surface area contributed by atoms with Crippen molar-refractivity contribution in [1.82, 2.24) is 9.97 Å². The van der Waals surface area contributed by atoms with Gasteiger partial charge in [0.25, 0.3) is 0 Å². The van der Waals surface area contributed by atoms with Crippen LogP contribution < -0.4 is 0 Å². The summed E-state index contributed by atoms with van der Waals surface area (Å²) in [6.07, 6.45) is 2.74. The SMILES string of the molecule is CCOC(=O)CCc1nccc2c1[nH]c1ccccc12. The molecule has 2 aromatic heterocycles. The summed E-state index contributed by atoms with van der Waals surface area (Å²) in [5, 5.41) is 2.33. The van der Waals surface area contributed by atoms with Crippen molar-refractivity contribution in [2.75, 3.05) is 6.61 Å². The number of fused-ring (bicyclic) bond motifs is 3. The molecule has 4 heteroatoms. The molecule has 0 amide bonds. The molecule has 0 atom stereocenters. The van der Waals surface area contributed by atoms with Gasteiger partial charge in [-0.2, -0.15) is 0 Å². The third-order valence-corrected chi connectivity index (χ3v) is 3.38. The topological polar surface area (TPSA) is 55.0 Å². The van der Waals surface area contributed by atoms with E-state index < -0.39 is 0 Å². The van der Waals surface area contributed by atoms with Crippen LogP contribution in [-0.4, -0.2) is 22.5 Å². The quantitative estimate of drug-likeness (QED) is 0.739. The Hall–Kier alpha value is -2.36. The predicted octanol–water partition coefficient (Wildman–Crippen LogP) is 3.21. The first-order valence-corrected chi connectivity index (χ1v) is 6.79. The lowest BCUT2D eigenvalue weighted by atomic mass is 10.1. The number of H-pyrrole nitrogens is 1. The summed E-state index contributed by atoms with van der Waals surface area (Å²) in [6, 6.07) is 10.2. The molecule has 0 saturated heterocycles. The second-order valence-corrected chi connectivity index (χ2v) is 4.66. The number of nitrogens with one attached hydrogen (secondary N) is 1. The third kappa shape index (κ3) is 2.25. The number of carbonyl (C=O) groups is 1. The second-order valence-electron chi connectivity index (χ2n) is 4.66. The van der Waals surface area contributed by atoms with Gasteiger partial charge in [0.2, 0.25) is 0 Å². The minimum atomic E-state index is -0.178. The van der Waals surface area contributed by atoms with E-state index in [1.807, 2.05) is 31.2 Å². The van der Waals surface area contributed by atoms with Crippen molar-refractivity contribution in [3.05, 3.63) is 42.2 Å². The van der Waals surface area contributed by atoms with E-state index in [0.29, 0.717) is 19.4 Å². The van der Waals surface area contributed by atoms with Crippen molar-refractivity contribution >= 4 is 27.8 Å². The fourth-order valence-corrected chi connectivity index (χ4v) is 2.47. The van der Waals surface area contributed by atoms with Crippen LogP contribution in [0, 0.1) is 0 Å². The van der Waals surface area contributed by atoms with Crippen LogP contribution >= 0.6 is 0 Å². The van der Waals surface area contributed by atoms with Gasteiger partial charge < -0.3 is 9.72 Å². The van der Waals surface area contributed by atoms with Crippen LogP contribution in [0.1, 0.15) is 19.0 Å². The lowest BCUT2D eigenvalue weighted by Crippen LogP contribution is -2.06. The van der Waals surface area contributed by atoms with Crippen molar-refractivity contribution in [3.63, 3.8) is 0 Å². The number of nitrogens with zero attached hydrogens (tertiary/aromatic N) is 1. The maximum atomic E-state index is 11.5. The molecule has 102 valence electrons. The molecule has 4 nitrogen and oxygen atoms in total. The smallest absolute Gasteiger partial charge is 0.306 e. The first kappa shape index (κ1) is 12.7. The maximum absolute atomic E-state index is 11.5. The fraction of sp³-hybridized carbons (Fsp3) is 0.250. The maximum Gasteiger partial charge on any atom is 0.306 e. The van der Waals surface area contributed by atoms with Gasteiger partial charge >= 0.3 is 5.97 Å². The number of esters is 1. The van der Waals surface area contributed by atoms with E-state index in [-0.39, 0.29) is 5.97 Å². The van der Waals surface area contributed by atoms with Crippen molar-refractivity contribution < 1.29 is 9.53 Å². The average Bonchev–Trinajstić information content (AvgIpc) is 2.84. The molecular weight excluding hydrogens is 252 g/mol. The molecular formula is C16H16N2O2. The molecule has 0 fully saturated rings. The number of ether oxygens (including phenoxy) is 1. The molecule has 0 radical (unpaired) electrons. The van der Waals surface area contributed by atoms with Crippen molar-refractivity contribution in [3.8, 4) is 0 Å². The van der Waals surface area contributed by atoms with Crippen LogP contribution in [0.3, 0.4) is 0 Å². The molecule has 0 saturated carbocycles. The number of aryl methyl sites for hydroxylation is 1. The second kappa shape index (κ2) is 5.33. The number of hydrogen-bond acceptors (Lipinski definition) is 3. The number of pyridine rings is 1. The largest absolute Gasteiger partial charge is 0.466 e. The molecule has 3 aromatic rings. The highest BCUT2D eigenvalue weighted by Gasteiger charge is 2.10. The number of aromatic nitrogens is 2. The van der Waals surface area contributed by atoms with Gasteiger partial charge in [-0.05, 0) is 19.1 Å². The summed E-state index contributed by atoms with van der Waals surface area (Å²) < 4.78 is 4.96. The molecule has 3 rings (SSSR count). The molecule has 0 bridgehead atoms. The molecule has 20 heavy (non-hydrogen) atoms. The number of benzene rings is 1. The van der Waals surface area contributed by atoms with Crippen LogP contribution in [0.2, 0.25) is 0 Å². The number of para-hydroxylation sites is 1. The number of hydrogen-bond donors (Lipinski definition) is 1. The molecule has 1 N–H and O–H groups in total. The zero-order chi connectivity index (χ0) is 13.9. The van der Waals surface area contributed by atoms with E-state index in [2.05, 4.69) is 16.0 Å². The van der Waals surface area contributed by atoms with Crippen LogP contribution in [0.25, 0.3) is 21.8 Å². The van der Waals surface area contributed by atoms with Gasteiger partial charge in [0.1, 0.15) is 0 Å². The Morgan fingerprint density at radius 2 is 2.10 bits per heavy atom. The summed E-state index contributed by atoms with van der Waals surface area (Å²) in [5.74, 6) is -0.178. The van der Waals surface area contributed by atoms with E-state index in [1.165, 1.54) is 5.39 Å². The standard InChI is InChI=1S/C16H16N2O2/c1-2-20-15(19)8-7-14-16-12(9-10-17-14)11-5-3-4-6-13(11)18-16/h3-6,9-10,18H,2,7-8H2,1H3. The molecule has 0 aliphatic carbocycles. The Balaban J connectivity index is 1.97. The lowest BCUT2D eigenvalue weighted by molar-refractivity contribution is -0.143. The Morgan fingerprint density at radius 3 is 2.95 bits per heavy atom. The van der Waals surface area contributed by atoms with Crippen LogP contribution in [0.5, 0.6) is 0 Å². The van der Waals surface area contributed by atoms with Gasteiger partial charge in [-0.25, -0.2) is 0 Å². The number of carbonyl (C=O) groups excluding carboxylic acids is 1. The van der Waals surface area contributed by atoms with Crippen LogP contribution in [-0.2, 0) is 16.0 Å². The summed E-state index contributed by atoms with van der Waals surface area (Å²) >= 11 is 0. The minimum absolute atomic E-state index is 0.178. The molecule has 0 aliphatic heterocycles. The normalized spacial score (nSPS) is 11.1. The Bertz CT molecular complexity index is 761. The summed E-state index contributed by atoms with van der Waals surface area (Å²) in [5.41, 5.74) is 3.01. The lowest BCUT2D eigenvalue weighted by Gasteiger charge is -2.02. The van der Waals surface area contributed by atoms with Gasteiger partial charge in [0.05, 0.1) is 24.2 Å². The Morgan fingerprint density at radius 1 is 1.25 bits per heavy atom. The molecule has 2 heterocycles. The van der Waals surface area contributed by atoms with Gasteiger partial charge in [-0.15, -0.1) is 0 Å². The van der Waals surface area contributed by atoms with Gasteiger partial charge in [0.15, 0.2) is 0 Å². The Labute approximate surface area is 116 Å². The molecule has 0 unspecified atom stereocenters. The van der Waals surface area contributed by atoms with E-state index >= 15 is 0 Å². The summed E-state index contributed by atoms with van der Waals surface area (Å²) in [4.78, 5) is 19.2. The zero-order valence-corrected chi connectivity index (χ0v) is 11.3. The predicted molar refractivity (Wildman–Crippen MR) is 78.6 cm³/mol. The van der Waals surface area contributed by atoms with Crippen molar-refractivity contribution in [2.45, 2.75) is 19.8 Å². The fourth-order valence-electron chi connectivity index (χ4n) is 2.47. The monoisotopic (exact) mass is 268 g/mol. The number of aromatic amines is 1.